The SMILES string of the molecule is N#Cc1ccc(-c2ccc(-c3nc(-c4ccccc4)nc(-c4ccc5c(c4)oc4cccc(-c6cccc(-c7ccc(-c8ccccc8)cc7)c6)c45)n3)cc2)cc1. The molecule has 0 spiro atoms. The Hall–Kier alpha value is -7.94. The van der Waals surface area contributed by atoms with E-state index in [1.54, 1.807) is 0 Å². The summed E-state index contributed by atoms with van der Waals surface area (Å²) in [6, 6.07) is 68.3. The first-order valence-electron chi connectivity index (χ1n) is 18.8. The fourth-order valence-corrected chi connectivity index (χ4v) is 7.46. The lowest BCUT2D eigenvalue weighted by molar-refractivity contribution is 0.669. The number of aromatic nitrogens is 3. The fraction of sp³-hybridized carbons (Fsp3) is 0. The van der Waals surface area contributed by atoms with Gasteiger partial charge < -0.3 is 4.42 Å². The van der Waals surface area contributed by atoms with Gasteiger partial charge in [-0.3, -0.25) is 0 Å². The Morgan fingerprint density at radius 1 is 0.351 bits per heavy atom. The highest BCUT2D eigenvalue weighted by molar-refractivity contribution is 6.13. The Labute approximate surface area is 329 Å². The molecule has 0 atom stereocenters. The van der Waals surface area contributed by atoms with E-state index in [1.165, 1.54) is 16.7 Å². The Morgan fingerprint density at radius 2 is 0.807 bits per heavy atom. The number of fused-ring (bicyclic) bond motifs is 3. The van der Waals surface area contributed by atoms with E-state index in [9.17, 15) is 5.26 Å². The molecule has 2 heterocycles. The summed E-state index contributed by atoms with van der Waals surface area (Å²) in [5.74, 6) is 1.73. The van der Waals surface area contributed by atoms with Gasteiger partial charge in [0.1, 0.15) is 11.2 Å². The van der Waals surface area contributed by atoms with Crippen LogP contribution in [0.1, 0.15) is 5.56 Å². The molecule has 0 unspecified atom stereocenters. The topological polar surface area (TPSA) is 75.6 Å². The lowest BCUT2D eigenvalue weighted by atomic mass is 9.95. The van der Waals surface area contributed by atoms with Gasteiger partial charge in [0.25, 0.3) is 0 Å². The zero-order chi connectivity index (χ0) is 38.1. The van der Waals surface area contributed by atoms with E-state index in [2.05, 4.69) is 115 Å². The summed E-state index contributed by atoms with van der Waals surface area (Å²) in [6.45, 7) is 0. The summed E-state index contributed by atoms with van der Waals surface area (Å²) in [4.78, 5) is 14.9. The third kappa shape index (κ3) is 6.52. The van der Waals surface area contributed by atoms with E-state index >= 15 is 0 Å². The van der Waals surface area contributed by atoms with Gasteiger partial charge in [-0.25, -0.2) is 15.0 Å². The van der Waals surface area contributed by atoms with Crippen LogP contribution < -0.4 is 0 Å². The molecule has 0 saturated heterocycles. The lowest BCUT2D eigenvalue weighted by Crippen LogP contribution is -2.00. The summed E-state index contributed by atoms with van der Waals surface area (Å²) >= 11 is 0. The van der Waals surface area contributed by atoms with Gasteiger partial charge in [0.05, 0.1) is 11.6 Å². The molecule has 0 aliphatic heterocycles. The number of rotatable bonds is 7. The van der Waals surface area contributed by atoms with E-state index in [4.69, 9.17) is 19.4 Å². The Balaban J connectivity index is 1.02. The number of hydrogen-bond acceptors (Lipinski definition) is 5. The number of nitrogens with zero attached hydrogens (tertiary/aromatic N) is 4. The van der Waals surface area contributed by atoms with Crippen LogP contribution >= 0.6 is 0 Å². The highest BCUT2D eigenvalue weighted by Crippen LogP contribution is 2.39. The molecule has 2 aromatic heterocycles. The van der Waals surface area contributed by atoms with Crippen LogP contribution in [-0.2, 0) is 0 Å². The molecule has 0 N–H and O–H groups in total. The molecule has 0 bridgehead atoms. The zero-order valence-corrected chi connectivity index (χ0v) is 30.7. The van der Waals surface area contributed by atoms with Gasteiger partial charge >= 0.3 is 0 Å². The monoisotopic (exact) mass is 728 g/mol. The molecule has 5 nitrogen and oxygen atoms in total. The number of benzene rings is 8. The molecular weight excluding hydrogens is 697 g/mol. The highest BCUT2D eigenvalue weighted by Gasteiger charge is 2.17. The maximum Gasteiger partial charge on any atom is 0.164 e. The molecule has 57 heavy (non-hydrogen) atoms. The second-order valence-electron chi connectivity index (χ2n) is 14.0. The summed E-state index contributed by atoms with van der Waals surface area (Å²) in [6.07, 6.45) is 0. The molecule has 10 aromatic rings. The van der Waals surface area contributed by atoms with Crippen molar-refractivity contribution in [3.8, 4) is 84.7 Å². The molecule has 0 amide bonds. The average molecular weight is 729 g/mol. The molecule has 0 saturated carbocycles. The normalized spacial score (nSPS) is 11.1. The van der Waals surface area contributed by atoms with Crippen LogP contribution in [0.15, 0.2) is 199 Å². The maximum atomic E-state index is 9.21. The van der Waals surface area contributed by atoms with Crippen molar-refractivity contribution < 1.29 is 4.42 Å². The van der Waals surface area contributed by atoms with Crippen LogP contribution in [0.2, 0.25) is 0 Å². The van der Waals surface area contributed by atoms with Gasteiger partial charge in [0, 0.05) is 27.5 Å². The Morgan fingerprint density at radius 3 is 1.44 bits per heavy atom. The largest absolute Gasteiger partial charge is 0.456 e. The third-order valence-electron chi connectivity index (χ3n) is 10.4. The van der Waals surface area contributed by atoms with E-state index in [-0.39, 0.29) is 0 Å². The van der Waals surface area contributed by atoms with Crippen LogP contribution in [0.25, 0.3) is 101 Å². The van der Waals surface area contributed by atoms with Crippen molar-refractivity contribution in [1.29, 1.82) is 5.26 Å². The molecule has 0 fully saturated rings. The van der Waals surface area contributed by atoms with Gasteiger partial charge in [0.2, 0.25) is 0 Å². The van der Waals surface area contributed by atoms with E-state index in [0.29, 0.717) is 23.0 Å². The molecule has 0 radical (unpaired) electrons. The average Bonchev–Trinajstić information content (AvgIpc) is 3.68. The van der Waals surface area contributed by atoms with Crippen molar-refractivity contribution in [3.05, 3.63) is 200 Å². The van der Waals surface area contributed by atoms with Crippen LogP contribution in [0.5, 0.6) is 0 Å². The minimum atomic E-state index is 0.559. The fourth-order valence-electron chi connectivity index (χ4n) is 7.46. The molecule has 0 aliphatic rings. The quantitative estimate of drug-likeness (QED) is 0.163. The van der Waals surface area contributed by atoms with Crippen molar-refractivity contribution in [3.63, 3.8) is 0 Å². The predicted molar refractivity (Wildman–Crippen MR) is 230 cm³/mol. The predicted octanol–water partition coefficient (Wildman–Crippen LogP) is 13.3. The maximum absolute atomic E-state index is 9.21. The number of hydrogen-bond donors (Lipinski definition) is 0. The van der Waals surface area contributed by atoms with Crippen molar-refractivity contribution >= 4 is 21.9 Å². The molecule has 5 heteroatoms. The minimum Gasteiger partial charge on any atom is -0.456 e. The summed E-state index contributed by atoms with van der Waals surface area (Å²) in [5, 5.41) is 11.3. The van der Waals surface area contributed by atoms with E-state index in [1.807, 2.05) is 84.9 Å². The molecular formula is C52H32N4O. The number of furan rings is 1. The lowest BCUT2D eigenvalue weighted by Gasteiger charge is -2.10. The third-order valence-corrected chi connectivity index (χ3v) is 10.4. The Bertz CT molecular complexity index is 3090. The standard InChI is InChI=1S/C52H32N4O/c53-33-34-17-19-36(20-18-34)38-25-27-41(28-26-38)51-54-50(40-11-5-2-6-12-40)55-52(56-51)44-29-30-46-48(32-44)57-47-16-8-15-45(49(46)47)43-14-7-13-42(31-43)39-23-21-37(22-24-39)35-9-3-1-4-10-35/h1-32H. The van der Waals surface area contributed by atoms with Crippen LogP contribution in [0, 0.1) is 11.3 Å². The van der Waals surface area contributed by atoms with Crippen molar-refractivity contribution in [2.45, 2.75) is 0 Å². The second-order valence-corrected chi connectivity index (χ2v) is 14.0. The molecule has 266 valence electrons. The molecule has 8 aromatic carbocycles. The zero-order valence-electron chi connectivity index (χ0n) is 30.7. The van der Waals surface area contributed by atoms with Crippen molar-refractivity contribution in [2.75, 3.05) is 0 Å². The summed E-state index contributed by atoms with van der Waals surface area (Å²) < 4.78 is 6.56. The smallest absolute Gasteiger partial charge is 0.164 e. The summed E-state index contributed by atoms with van der Waals surface area (Å²) in [7, 11) is 0. The first-order valence-corrected chi connectivity index (χ1v) is 18.8. The van der Waals surface area contributed by atoms with Gasteiger partial charge in [-0.1, -0.05) is 158 Å². The van der Waals surface area contributed by atoms with Crippen molar-refractivity contribution in [2.24, 2.45) is 0 Å². The van der Waals surface area contributed by atoms with Gasteiger partial charge in [-0.05, 0) is 80.9 Å². The first-order chi connectivity index (χ1) is 28.2. The van der Waals surface area contributed by atoms with Crippen LogP contribution in [0.3, 0.4) is 0 Å². The van der Waals surface area contributed by atoms with Gasteiger partial charge in [-0.15, -0.1) is 0 Å². The van der Waals surface area contributed by atoms with E-state index in [0.717, 1.165) is 66.4 Å². The van der Waals surface area contributed by atoms with E-state index < -0.39 is 0 Å². The molecule has 10 rings (SSSR count). The second kappa shape index (κ2) is 14.4. The van der Waals surface area contributed by atoms with Crippen molar-refractivity contribution in [1.82, 2.24) is 15.0 Å². The first kappa shape index (κ1) is 33.6. The highest BCUT2D eigenvalue weighted by atomic mass is 16.3. The Kier molecular flexibility index (Phi) is 8.48. The van der Waals surface area contributed by atoms with Crippen LogP contribution in [-0.4, -0.2) is 15.0 Å². The summed E-state index contributed by atoms with van der Waals surface area (Å²) in [5.41, 5.74) is 13.9. The minimum absolute atomic E-state index is 0.559. The number of nitriles is 1. The molecule has 0 aliphatic carbocycles. The van der Waals surface area contributed by atoms with Crippen LogP contribution in [0.4, 0.5) is 0 Å². The van der Waals surface area contributed by atoms with Gasteiger partial charge in [0.15, 0.2) is 17.5 Å². The van der Waals surface area contributed by atoms with Gasteiger partial charge in [-0.2, -0.15) is 5.26 Å².